The molecule has 2 rings (SSSR count). The maximum Gasteiger partial charge on any atom is 0.265 e. The van der Waals surface area contributed by atoms with Crippen molar-refractivity contribution in [3.05, 3.63) is 38.5 Å². The first-order valence-corrected chi connectivity index (χ1v) is 7.45. The zero-order valence-electron chi connectivity index (χ0n) is 11.3. The molecule has 4 nitrogen and oxygen atoms in total. The minimum Gasteiger partial charge on any atom is -0.493 e. The number of nitrogens with one attached hydrogen (secondary N) is 1. The van der Waals surface area contributed by atoms with Crippen LogP contribution in [0.25, 0.3) is 0 Å². The van der Waals surface area contributed by atoms with Gasteiger partial charge in [-0.05, 0) is 46.6 Å². The van der Waals surface area contributed by atoms with Gasteiger partial charge in [-0.15, -0.1) is 11.3 Å². The van der Waals surface area contributed by atoms with Crippen LogP contribution in [0.3, 0.4) is 0 Å². The molecule has 1 heterocycles. The molecule has 0 saturated carbocycles. The number of thiophene rings is 1. The molecule has 0 aliphatic heterocycles. The largest absolute Gasteiger partial charge is 0.493 e. The number of hydrogen-bond acceptors (Lipinski definition) is 4. The molecule has 6 heteroatoms. The van der Waals surface area contributed by atoms with Crippen molar-refractivity contribution in [1.29, 1.82) is 0 Å². The second-order valence-electron chi connectivity index (χ2n) is 4.09. The van der Waals surface area contributed by atoms with E-state index in [4.69, 9.17) is 9.47 Å². The van der Waals surface area contributed by atoms with Crippen LogP contribution in [0.4, 0.5) is 5.69 Å². The molecule has 0 bridgehead atoms. The minimum absolute atomic E-state index is 0.143. The maximum absolute atomic E-state index is 12.1. The zero-order chi connectivity index (χ0) is 14.7. The number of carbonyl (C=O) groups is 1. The average Bonchev–Trinajstić information content (AvgIpc) is 2.78. The summed E-state index contributed by atoms with van der Waals surface area (Å²) in [5, 5.41) is 2.84. The third-order valence-electron chi connectivity index (χ3n) is 2.72. The van der Waals surface area contributed by atoms with Gasteiger partial charge in [0.15, 0.2) is 11.5 Å². The van der Waals surface area contributed by atoms with E-state index >= 15 is 0 Å². The third kappa shape index (κ3) is 3.13. The smallest absolute Gasteiger partial charge is 0.265 e. The number of aryl methyl sites for hydroxylation is 1. The van der Waals surface area contributed by atoms with Crippen molar-refractivity contribution in [2.75, 3.05) is 19.5 Å². The van der Waals surface area contributed by atoms with Crippen LogP contribution in [-0.2, 0) is 0 Å². The average molecular weight is 356 g/mol. The molecule has 2 aromatic rings. The third-order valence-corrected chi connectivity index (χ3v) is 4.86. The Labute approximate surface area is 129 Å². The summed E-state index contributed by atoms with van der Waals surface area (Å²) >= 11 is 4.82. The van der Waals surface area contributed by atoms with E-state index in [0.717, 1.165) is 9.35 Å². The predicted molar refractivity (Wildman–Crippen MR) is 84.3 cm³/mol. The van der Waals surface area contributed by atoms with Gasteiger partial charge in [0.25, 0.3) is 5.91 Å². The van der Waals surface area contributed by atoms with Crippen molar-refractivity contribution in [2.45, 2.75) is 6.92 Å². The van der Waals surface area contributed by atoms with Crippen LogP contribution in [0.5, 0.6) is 11.5 Å². The van der Waals surface area contributed by atoms with E-state index in [1.165, 1.54) is 11.3 Å². The Morgan fingerprint density at radius 3 is 2.45 bits per heavy atom. The normalized spacial score (nSPS) is 10.2. The van der Waals surface area contributed by atoms with Crippen molar-refractivity contribution >= 4 is 38.9 Å². The van der Waals surface area contributed by atoms with Gasteiger partial charge in [0, 0.05) is 11.8 Å². The lowest BCUT2D eigenvalue weighted by Gasteiger charge is -2.10. The molecule has 0 radical (unpaired) electrons. The van der Waals surface area contributed by atoms with Crippen molar-refractivity contribution in [3.8, 4) is 11.5 Å². The fraction of sp³-hybridized carbons (Fsp3) is 0.214. The predicted octanol–water partition coefficient (Wildman–Crippen LogP) is 4.09. The van der Waals surface area contributed by atoms with Crippen LogP contribution in [-0.4, -0.2) is 20.1 Å². The Hall–Kier alpha value is -1.53. The monoisotopic (exact) mass is 355 g/mol. The van der Waals surface area contributed by atoms with Crippen LogP contribution >= 0.6 is 27.3 Å². The quantitative estimate of drug-likeness (QED) is 0.898. The van der Waals surface area contributed by atoms with E-state index in [9.17, 15) is 4.79 Å². The lowest BCUT2D eigenvalue weighted by molar-refractivity contribution is 0.103. The van der Waals surface area contributed by atoms with E-state index in [-0.39, 0.29) is 5.91 Å². The van der Waals surface area contributed by atoms with Crippen LogP contribution in [0.15, 0.2) is 28.1 Å². The number of benzene rings is 1. The molecule has 0 aliphatic carbocycles. The van der Waals surface area contributed by atoms with E-state index < -0.39 is 0 Å². The van der Waals surface area contributed by atoms with Crippen LogP contribution in [0.1, 0.15) is 15.2 Å². The molecule has 0 spiro atoms. The molecule has 1 aromatic carbocycles. The second-order valence-corrected chi connectivity index (χ2v) is 6.46. The van der Waals surface area contributed by atoms with E-state index in [2.05, 4.69) is 21.2 Å². The van der Waals surface area contributed by atoms with Gasteiger partial charge in [-0.25, -0.2) is 0 Å². The van der Waals surface area contributed by atoms with E-state index in [0.29, 0.717) is 22.1 Å². The summed E-state index contributed by atoms with van der Waals surface area (Å²) in [4.78, 5) is 12.8. The lowest BCUT2D eigenvalue weighted by atomic mass is 10.2. The van der Waals surface area contributed by atoms with Gasteiger partial charge in [0.1, 0.15) is 0 Å². The van der Waals surface area contributed by atoms with Crippen molar-refractivity contribution in [3.63, 3.8) is 0 Å². The first kappa shape index (κ1) is 14.9. The number of rotatable bonds is 4. The Kier molecular flexibility index (Phi) is 4.67. The number of amides is 1. The van der Waals surface area contributed by atoms with E-state index in [1.54, 1.807) is 32.4 Å². The Balaban J connectivity index is 2.19. The second kappa shape index (κ2) is 6.28. The van der Waals surface area contributed by atoms with Gasteiger partial charge in [-0.2, -0.15) is 0 Å². The molecular formula is C14H14BrNO3S. The number of carbonyl (C=O) groups excluding carboxylic acids is 1. The highest BCUT2D eigenvalue weighted by Crippen LogP contribution is 2.31. The summed E-state index contributed by atoms with van der Waals surface area (Å²) in [6.07, 6.45) is 0. The van der Waals surface area contributed by atoms with Crippen molar-refractivity contribution in [1.82, 2.24) is 0 Å². The number of ether oxygens (including phenoxy) is 2. The number of methoxy groups -OCH3 is 2. The molecule has 1 amide bonds. The van der Waals surface area contributed by atoms with Gasteiger partial charge in [-0.1, -0.05) is 0 Å². The number of hydrogen-bond donors (Lipinski definition) is 1. The highest BCUT2D eigenvalue weighted by Gasteiger charge is 2.12. The Morgan fingerprint density at radius 1 is 1.20 bits per heavy atom. The highest BCUT2D eigenvalue weighted by molar-refractivity contribution is 9.11. The molecule has 20 heavy (non-hydrogen) atoms. The number of anilines is 1. The lowest BCUT2D eigenvalue weighted by Crippen LogP contribution is -2.10. The first-order chi connectivity index (χ1) is 9.55. The molecule has 0 fully saturated rings. The van der Waals surface area contributed by atoms with Crippen LogP contribution < -0.4 is 14.8 Å². The molecule has 106 valence electrons. The highest BCUT2D eigenvalue weighted by atomic mass is 79.9. The van der Waals surface area contributed by atoms with Gasteiger partial charge < -0.3 is 14.8 Å². The Bertz CT molecular complexity index is 620. The standard InChI is InChI=1S/C14H14BrNO3S/c1-8-6-12(20-13(8)15)14(17)16-9-4-5-10(18-2)11(7-9)19-3/h4-7H,1-3H3,(H,16,17). The summed E-state index contributed by atoms with van der Waals surface area (Å²) in [6.45, 7) is 1.95. The minimum atomic E-state index is -0.143. The van der Waals surface area contributed by atoms with Gasteiger partial charge in [0.2, 0.25) is 0 Å². The van der Waals surface area contributed by atoms with E-state index in [1.807, 2.05) is 13.0 Å². The van der Waals surface area contributed by atoms with Gasteiger partial charge in [0.05, 0.1) is 22.9 Å². The Morgan fingerprint density at radius 2 is 1.90 bits per heavy atom. The van der Waals surface area contributed by atoms with Crippen molar-refractivity contribution < 1.29 is 14.3 Å². The fourth-order valence-electron chi connectivity index (χ4n) is 1.68. The zero-order valence-corrected chi connectivity index (χ0v) is 13.7. The summed E-state index contributed by atoms with van der Waals surface area (Å²) in [7, 11) is 3.13. The molecular weight excluding hydrogens is 342 g/mol. The molecule has 0 atom stereocenters. The van der Waals surface area contributed by atoms with Crippen LogP contribution in [0.2, 0.25) is 0 Å². The summed E-state index contributed by atoms with van der Waals surface area (Å²) in [5.74, 6) is 1.06. The molecule has 1 N–H and O–H groups in total. The molecule has 0 unspecified atom stereocenters. The van der Waals surface area contributed by atoms with Gasteiger partial charge in [-0.3, -0.25) is 4.79 Å². The molecule has 0 saturated heterocycles. The van der Waals surface area contributed by atoms with Crippen LogP contribution in [0, 0.1) is 6.92 Å². The summed E-state index contributed by atoms with van der Waals surface area (Å²) < 4.78 is 11.3. The summed E-state index contributed by atoms with van der Waals surface area (Å²) in [5.41, 5.74) is 1.71. The maximum atomic E-state index is 12.1. The van der Waals surface area contributed by atoms with Gasteiger partial charge >= 0.3 is 0 Å². The fourth-order valence-corrected chi connectivity index (χ4v) is 3.11. The topological polar surface area (TPSA) is 47.6 Å². The molecule has 1 aromatic heterocycles. The SMILES string of the molecule is COc1ccc(NC(=O)c2cc(C)c(Br)s2)cc1OC. The van der Waals surface area contributed by atoms with Crippen molar-refractivity contribution in [2.24, 2.45) is 0 Å². The summed E-state index contributed by atoms with van der Waals surface area (Å²) in [6, 6.07) is 7.11. The number of halogens is 1. The first-order valence-electron chi connectivity index (χ1n) is 5.84. The molecule has 0 aliphatic rings.